The van der Waals surface area contributed by atoms with Gasteiger partial charge in [-0.1, -0.05) is 0 Å². The van der Waals surface area contributed by atoms with E-state index in [1.54, 1.807) is 0 Å². The molecule has 4 heterocycles. The van der Waals surface area contributed by atoms with Crippen molar-refractivity contribution in [2.75, 3.05) is 11.9 Å². The van der Waals surface area contributed by atoms with Gasteiger partial charge in [-0.05, 0) is 6.92 Å². The molecule has 2 aromatic heterocycles. The molecule has 0 unspecified atom stereocenters. The SMILES string of the molecule is C[C@@]1(O)[C@H](O)[C@@H](CO)O[C@H]1n1cc2c3c(ncnc31)NC(=O)C=C2NO. The van der Waals surface area contributed by atoms with Crippen LogP contribution in [0.4, 0.5) is 5.82 Å². The lowest BCUT2D eigenvalue weighted by Crippen LogP contribution is -2.44. The summed E-state index contributed by atoms with van der Waals surface area (Å²) in [5, 5.41) is 42.7. The minimum absolute atomic E-state index is 0.108. The molecule has 1 amide bonds. The Balaban J connectivity index is 1.94. The minimum atomic E-state index is -1.72. The molecule has 26 heavy (non-hydrogen) atoms. The number of carbonyl (C=O) groups is 1. The fraction of sp³-hybridized carbons (Fsp3) is 0.400. The monoisotopic (exact) mass is 363 g/mol. The van der Waals surface area contributed by atoms with Crippen molar-refractivity contribution in [2.24, 2.45) is 0 Å². The van der Waals surface area contributed by atoms with Gasteiger partial charge in [0, 0.05) is 17.8 Å². The van der Waals surface area contributed by atoms with E-state index in [1.165, 1.54) is 24.0 Å². The van der Waals surface area contributed by atoms with E-state index in [4.69, 9.17) is 4.74 Å². The van der Waals surface area contributed by atoms with Crippen molar-refractivity contribution in [3.05, 3.63) is 24.2 Å². The highest BCUT2D eigenvalue weighted by molar-refractivity contribution is 6.13. The second-order valence-electron chi connectivity index (χ2n) is 6.41. The molecule has 2 aliphatic heterocycles. The molecule has 1 fully saturated rings. The molecule has 11 nitrogen and oxygen atoms in total. The van der Waals surface area contributed by atoms with Gasteiger partial charge in [0.15, 0.2) is 6.23 Å². The van der Waals surface area contributed by atoms with E-state index in [9.17, 15) is 25.3 Å². The smallest absolute Gasteiger partial charge is 0.251 e. The number of anilines is 1. The van der Waals surface area contributed by atoms with Crippen LogP contribution < -0.4 is 10.8 Å². The molecule has 4 atom stereocenters. The lowest BCUT2D eigenvalue weighted by molar-refractivity contribution is -0.111. The summed E-state index contributed by atoms with van der Waals surface area (Å²) in [5.41, 5.74) is 1.07. The lowest BCUT2D eigenvalue weighted by Gasteiger charge is -2.27. The maximum Gasteiger partial charge on any atom is 0.251 e. The van der Waals surface area contributed by atoms with Gasteiger partial charge in [-0.15, -0.1) is 0 Å². The first-order valence-electron chi connectivity index (χ1n) is 7.84. The largest absolute Gasteiger partial charge is 0.394 e. The van der Waals surface area contributed by atoms with Crippen LogP contribution in [0.5, 0.6) is 0 Å². The van der Waals surface area contributed by atoms with Crippen molar-refractivity contribution in [2.45, 2.75) is 31.0 Å². The van der Waals surface area contributed by atoms with E-state index in [0.29, 0.717) is 16.6 Å². The third kappa shape index (κ3) is 2.22. The predicted octanol–water partition coefficient (Wildman–Crippen LogP) is -1.30. The molecule has 1 saturated heterocycles. The summed E-state index contributed by atoms with van der Waals surface area (Å²) in [4.78, 5) is 20.1. The second-order valence-corrected chi connectivity index (χ2v) is 6.41. The summed E-state index contributed by atoms with van der Waals surface area (Å²) in [6, 6.07) is 0. The standard InChI is InChI=1S/C15H17N5O6/c1-15(24)11(23)8(4-21)26-14(15)20-3-6-7(19-25)2-9(22)18-12-10(6)13(20)17-5-16-12/h2-3,5,8,11,14,19,21,23-25H,4H2,1H3,(H,16,17,18,22)/t8-,11-,14-,15-/m1/s1. The van der Waals surface area contributed by atoms with Crippen LogP contribution in [-0.2, 0) is 9.53 Å². The Kier molecular flexibility index (Phi) is 3.71. The molecule has 0 radical (unpaired) electrons. The number of hydrogen-bond acceptors (Lipinski definition) is 9. The van der Waals surface area contributed by atoms with Gasteiger partial charge in [0.25, 0.3) is 5.91 Å². The number of carbonyl (C=O) groups excluding carboxylic acids is 1. The molecule has 11 heteroatoms. The summed E-state index contributed by atoms with van der Waals surface area (Å²) < 4.78 is 7.10. The van der Waals surface area contributed by atoms with Crippen LogP contribution in [0.25, 0.3) is 16.7 Å². The van der Waals surface area contributed by atoms with Gasteiger partial charge < -0.3 is 29.9 Å². The highest BCUT2D eigenvalue weighted by atomic mass is 16.6. The Morgan fingerprint density at radius 3 is 2.88 bits per heavy atom. The van der Waals surface area contributed by atoms with Gasteiger partial charge in [-0.3, -0.25) is 15.5 Å². The van der Waals surface area contributed by atoms with Crippen LogP contribution in [0.3, 0.4) is 0 Å². The van der Waals surface area contributed by atoms with Crippen molar-refractivity contribution >= 4 is 28.5 Å². The zero-order valence-electron chi connectivity index (χ0n) is 13.6. The Morgan fingerprint density at radius 2 is 2.23 bits per heavy atom. The number of ether oxygens (including phenoxy) is 1. The zero-order chi connectivity index (χ0) is 18.6. The molecular formula is C15H17N5O6. The quantitative estimate of drug-likeness (QED) is 0.364. The number of rotatable bonds is 3. The normalized spacial score (nSPS) is 30.9. The first-order valence-corrected chi connectivity index (χ1v) is 7.84. The highest BCUT2D eigenvalue weighted by Crippen LogP contribution is 2.42. The summed E-state index contributed by atoms with van der Waals surface area (Å²) in [6.45, 7) is 0.916. The Bertz CT molecular complexity index is 923. The summed E-state index contributed by atoms with van der Waals surface area (Å²) in [7, 11) is 0. The number of hydroxylamine groups is 1. The van der Waals surface area contributed by atoms with Crippen LogP contribution in [0.2, 0.25) is 0 Å². The fourth-order valence-electron chi connectivity index (χ4n) is 3.41. The molecule has 0 saturated carbocycles. The lowest BCUT2D eigenvalue weighted by atomic mass is 9.96. The number of nitrogens with one attached hydrogen (secondary N) is 2. The number of hydrogen-bond donors (Lipinski definition) is 6. The van der Waals surface area contributed by atoms with Gasteiger partial charge in [-0.25, -0.2) is 9.97 Å². The van der Waals surface area contributed by atoms with E-state index >= 15 is 0 Å². The van der Waals surface area contributed by atoms with Gasteiger partial charge in [0.1, 0.15) is 35.6 Å². The molecule has 138 valence electrons. The third-order valence-electron chi connectivity index (χ3n) is 4.72. The first-order chi connectivity index (χ1) is 12.4. The number of aliphatic hydroxyl groups excluding tert-OH is 2. The maximum absolute atomic E-state index is 11.9. The molecular weight excluding hydrogens is 346 g/mol. The highest BCUT2D eigenvalue weighted by Gasteiger charge is 2.53. The van der Waals surface area contributed by atoms with E-state index in [1.807, 2.05) is 5.48 Å². The van der Waals surface area contributed by atoms with Crippen LogP contribution >= 0.6 is 0 Å². The molecule has 2 aliphatic rings. The first kappa shape index (κ1) is 16.9. The summed E-state index contributed by atoms with van der Waals surface area (Å²) in [5.74, 6) is -0.253. The van der Waals surface area contributed by atoms with Crippen molar-refractivity contribution in [1.29, 1.82) is 0 Å². The number of amides is 1. The van der Waals surface area contributed by atoms with Crippen LogP contribution in [-0.4, -0.2) is 65.4 Å². The number of aliphatic hydroxyl groups is 3. The number of aromatic nitrogens is 3. The average Bonchev–Trinajstić information content (AvgIpc) is 3.04. The molecule has 0 spiro atoms. The molecule has 2 aromatic rings. The molecule has 6 N–H and O–H groups in total. The van der Waals surface area contributed by atoms with Crippen molar-refractivity contribution < 1.29 is 30.1 Å². The van der Waals surface area contributed by atoms with Crippen molar-refractivity contribution in [3.8, 4) is 0 Å². The second kappa shape index (κ2) is 5.72. The fourth-order valence-corrected chi connectivity index (χ4v) is 3.41. The van der Waals surface area contributed by atoms with Crippen molar-refractivity contribution in [1.82, 2.24) is 20.0 Å². The van der Waals surface area contributed by atoms with Gasteiger partial charge in [-0.2, -0.15) is 0 Å². The van der Waals surface area contributed by atoms with Crippen LogP contribution in [0, 0.1) is 0 Å². The zero-order valence-corrected chi connectivity index (χ0v) is 13.6. The molecule has 0 aliphatic carbocycles. The Labute approximate surface area is 146 Å². The molecule has 0 aromatic carbocycles. The third-order valence-corrected chi connectivity index (χ3v) is 4.72. The van der Waals surface area contributed by atoms with Crippen LogP contribution in [0.1, 0.15) is 18.7 Å². The van der Waals surface area contributed by atoms with Gasteiger partial charge in [0.2, 0.25) is 0 Å². The van der Waals surface area contributed by atoms with Crippen molar-refractivity contribution in [3.63, 3.8) is 0 Å². The predicted molar refractivity (Wildman–Crippen MR) is 86.7 cm³/mol. The minimum Gasteiger partial charge on any atom is -0.394 e. The summed E-state index contributed by atoms with van der Waals surface area (Å²) >= 11 is 0. The number of nitrogens with zero attached hydrogens (tertiary/aromatic N) is 3. The van der Waals surface area contributed by atoms with E-state index in [2.05, 4.69) is 15.3 Å². The van der Waals surface area contributed by atoms with Crippen LogP contribution in [0.15, 0.2) is 18.6 Å². The van der Waals surface area contributed by atoms with Gasteiger partial charge in [0.05, 0.1) is 17.7 Å². The summed E-state index contributed by atoms with van der Waals surface area (Å²) in [6.07, 6.45) is 0.542. The topological polar surface area (TPSA) is 162 Å². The molecule has 0 bridgehead atoms. The van der Waals surface area contributed by atoms with E-state index < -0.39 is 36.6 Å². The Hall–Kier alpha value is -2.57. The maximum atomic E-state index is 11.9. The molecule has 4 rings (SSSR count). The Morgan fingerprint density at radius 1 is 1.46 bits per heavy atom. The van der Waals surface area contributed by atoms with Gasteiger partial charge >= 0.3 is 0 Å². The average molecular weight is 363 g/mol. The van der Waals surface area contributed by atoms with E-state index in [0.717, 1.165) is 6.08 Å². The van der Waals surface area contributed by atoms with E-state index in [-0.39, 0.29) is 11.5 Å².